The van der Waals surface area contributed by atoms with Crippen LogP contribution < -0.4 is 5.32 Å². The van der Waals surface area contributed by atoms with Gasteiger partial charge in [0.1, 0.15) is 36.6 Å². The second-order valence-corrected chi connectivity index (χ2v) is 18.2. The molecular weight excluding hydrogens is 787 g/mol. The molecule has 1 aliphatic rings. The Labute approximate surface area is 378 Å². The number of ether oxygens (including phenoxy) is 2. The zero-order valence-corrected chi connectivity index (χ0v) is 39.6. The van der Waals surface area contributed by atoms with Crippen molar-refractivity contribution in [2.45, 2.75) is 281 Å². The number of hydrogen-bond acceptors (Lipinski definition) is 10. The number of nitrogens with one attached hydrogen (secondary N) is 1. The Kier molecular flexibility index (Phi) is 38.8. The fourth-order valence-electron chi connectivity index (χ4n) is 8.21. The van der Waals surface area contributed by atoms with Gasteiger partial charge in [-0.1, -0.05) is 192 Å². The summed E-state index contributed by atoms with van der Waals surface area (Å²) >= 11 is 0. The van der Waals surface area contributed by atoms with Gasteiger partial charge in [0.2, 0.25) is 5.91 Å². The van der Waals surface area contributed by atoms with E-state index in [-0.39, 0.29) is 12.8 Å². The highest BCUT2D eigenvalue weighted by Gasteiger charge is 2.44. The molecule has 1 aliphatic heterocycles. The number of allylic oxidation sites excluding steroid dienone is 4. The predicted octanol–water partition coefficient (Wildman–Crippen LogP) is 9.40. The van der Waals surface area contributed by atoms with Gasteiger partial charge in [0.25, 0.3) is 0 Å². The molecule has 9 unspecified atom stereocenters. The van der Waals surface area contributed by atoms with Gasteiger partial charge in [-0.3, -0.25) is 4.79 Å². The van der Waals surface area contributed by atoms with Crippen LogP contribution in [0.1, 0.15) is 226 Å². The minimum absolute atomic E-state index is 0.254. The van der Waals surface area contributed by atoms with Crippen LogP contribution in [0.25, 0.3) is 0 Å². The summed E-state index contributed by atoms with van der Waals surface area (Å²) in [6, 6.07) is -1.18. The zero-order chi connectivity index (χ0) is 45.5. The van der Waals surface area contributed by atoms with Gasteiger partial charge >= 0.3 is 0 Å². The third kappa shape index (κ3) is 29.9. The molecule has 0 aliphatic carbocycles. The molecule has 0 aromatic heterocycles. The Morgan fingerprint density at radius 1 is 0.548 bits per heavy atom. The van der Waals surface area contributed by atoms with Crippen LogP contribution in [0.15, 0.2) is 24.3 Å². The number of carbonyl (C=O) groups excluding carboxylic acids is 1. The Balaban J connectivity index is 2.17. The molecule has 1 saturated heterocycles. The maximum absolute atomic E-state index is 13.0. The molecule has 62 heavy (non-hydrogen) atoms. The highest BCUT2D eigenvalue weighted by Crippen LogP contribution is 2.23. The molecule has 1 rings (SSSR count). The van der Waals surface area contributed by atoms with Crippen molar-refractivity contribution in [3.63, 3.8) is 0 Å². The molecule has 0 saturated carbocycles. The average Bonchev–Trinajstić information content (AvgIpc) is 3.27. The van der Waals surface area contributed by atoms with Gasteiger partial charge in [-0.2, -0.15) is 0 Å². The van der Waals surface area contributed by atoms with E-state index >= 15 is 0 Å². The number of aliphatic hydroxyl groups is 7. The van der Waals surface area contributed by atoms with Crippen LogP contribution in [0, 0.1) is 0 Å². The molecule has 366 valence electrons. The third-order valence-electron chi connectivity index (χ3n) is 12.5. The first-order valence-corrected chi connectivity index (χ1v) is 25.7. The normalized spacial score (nSPS) is 21.5. The summed E-state index contributed by atoms with van der Waals surface area (Å²) in [5.74, 6) is -0.710. The van der Waals surface area contributed by atoms with E-state index in [1.54, 1.807) is 0 Å². The van der Waals surface area contributed by atoms with Crippen molar-refractivity contribution in [3.05, 3.63) is 24.3 Å². The van der Waals surface area contributed by atoms with Crippen molar-refractivity contribution < 1.29 is 50.0 Å². The van der Waals surface area contributed by atoms with Crippen LogP contribution in [0.2, 0.25) is 0 Å². The molecule has 1 heterocycles. The van der Waals surface area contributed by atoms with Crippen molar-refractivity contribution in [2.75, 3.05) is 13.2 Å². The Hall–Kier alpha value is -1.41. The number of aliphatic hydroxyl groups excluding tert-OH is 7. The fraction of sp³-hybridized carbons (Fsp3) is 0.902. The number of amides is 1. The Morgan fingerprint density at radius 3 is 1.45 bits per heavy atom. The van der Waals surface area contributed by atoms with Crippen LogP contribution in [0.4, 0.5) is 0 Å². The molecule has 0 aromatic rings. The SMILES string of the molecule is CCC/C=C/CCCC(O)C(O)C(COC1OC(CO)C(O)C(O)C1O)NC(=O)C(O)CCCCCCCCCCCCCCC/C=C\CCCCCCCCCCCCCC. The maximum atomic E-state index is 13.0. The summed E-state index contributed by atoms with van der Waals surface area (Å²) < 4.78 is 11.0. The summed E-state index contributed by atoms with van der Waals surface area (Å²) in [5, 5.41) is 75.2. The lowest BCUT2D eigenvalue weighted by Crippen LogP contribution is -2.60. The molecule has 0 aromatic carbocycles. The highest BCUT2D eigenvalue weighted by molar-refractivity contribution is 5.80. The van der Waals surface area contributed by atoms with Crippen LogP contribution >= 0.6 is 0 Å². The van der Waals surface area contributed by atoms with E-state index in [1.807, 2.05) is 6.08 Å². The third-order valence-corrected chi connectivity index (χ3v) is 12.5. The molecular formula is C51H97NO10. The average molecular weight is 884 g/mol. The first-order valence-electron chi connectivity index (χ1n) is 25.7. The van der Waals surface area contributed by atoms with E-state index in [0.717, 1.165) is 38.5 Å². The van der Waals surface area contributed by atoms with E-state index in [4.69, 9.17) is 9.47 Å². The summed E-state index contributed by atoms with van der Waals surface area (Å²) in [6.45, 7) is 3.30. The van der Waals surface area contributed by atoms with E-state index in [1.165, 1.54) is 148 Å². The largest absolute Gasteiger partial charge is 0.394 e. The molecule has 11 nitrogen and oxygen atoms in total. The van der Waals surface area contributed by atoms with Gasteiger partial charge in [-0.25, -0.2) is 0 Å². The molecule has 0 spiro atoms. The first-order chi connectivity index (χ1) is 30.2. The topological polar surface area (TPSA) is 189 Å². The standard InChI is InChI=1S/C51H97NO10/c1-3-5-7-9-11-12-13-14-15-16-17-18-19-20-21-22-23-24-25-26-27-28-29-30-31-32-33-35-37-39-44(55)50(60)52-42(46(56)43(54)38-36-34-10-8-6-4-2)41-61-51-49(59)48(58)47(57)45(40-53)62-51/h8,10,20-21,42-49,51,53-59H,3-7,9,11-19,22-41H2,1-2H3,(H,52,60)/b10-8+,21-20-. The monoisotopic (exact) mass is 884 g/mol. The van der Waals surface area contributed by atoms with Gasteiger partial charge < -0.3 is 50.5 Å². The summed E-state index contributed by atoms with van der Waals surface area (Å²) in [4.78, 5) is 13.0. The number of unbranched alkanes of at least 4 members (excludes halogenated alkanes) is 27. The zero-order valence-electron chi connectivity index (χ0n) is 39.6. The predicted molar refractivity (Wildman–Crippen MR) is 252 cm³/mol. The number of hydrogen-bond donors (Lipinski definition) is 8. The highest BCUT2D eigenvalue weighted by atomic mass is 16.7. The maximum Gasteiger partial charge on any atom is 0.249 e. The molecule has 0 bridgehead atoms. The van der Waals surface area contributed by atoms with Crippen LogP contribution in [-0.4, -0.2) is 110 Å². The van der Waals surface area contributed by atoms with Crippen LogP contribution in [0.5, 0.6) is 0 Å². The van der Waals surface area contributed by atoms with Gasteiger partial charge in [-0.05, 0) is 57.8 Å². The molecule has 11 heteroatoms. The summed E-state index contributed by atoms with van der Waals surface area (Å²) in [7, 11) is 0. The van der Waals surface area contributed by atoms with Crippen LogP contribution in [0.3, 0.4) is 0 Å². The minimum Gasteiger partial charge on any atom is -0.394 e. The molecule has 8 N–H and O–H groups in total. The van der Waals surface area contributed by atoms with Crippen molar-refractivity contribution in [3.8, 4) is 0 Å². The van der Waals surface area contributed by atoms with E-state index in [2.05, 4.69) is 37.4 Å². The Bertz CT molecular complexity index is 1060. The summed E-state index contributed by atoms with van der Waals surface area (Å²) in [5.41, 5.74) is 0. The van der Waals surface area contributed by atoms with Crippen molar-refractivity contribution in [1.82, 2.24) is 5.32 Å². The minimum atomic E-state index is -1.66. The molecule has 1 fully saturated rings. The summed E-state index contributed by atoms with van der Waals surface area (Å²) in [6.07, 6.45) is 36.0. The van der Waals surface area contributed by atoms with E-state index in [9.17, 15) is 40.5 Å². The smallest absolute Gasteiger partial charge is 0.249 e. The van der Waals surface area contributed by atoms with Gasteiger partial charge in [0.15, 0.2) is 6.29 Å². The second-order valence-electron chi connectivity index (χ2n) is 18.2. The lowest BCUT2D eigenvalue weighted by atomic mass is 9.98. The van der Waals surface area contributed by atoms with E-state index in [0.29, 0.717) is 12.8 Å². The van der Waals surface area contributed by atoms with Gasteiger partial charge in [0, 0.05) is 0 Å². The Morgan fingerprint density at radius 2 is 0.984 bits per heavy atom. The van der Waals surface area contributed by atoms with Crippen molar-refractivity contribution >= 4 is 5.91 Å². The lowest BCUT2D eigenvalue weighted by molar-refractivity contribution is -0.303. The first kappa shape index (κ1) is 58.6. The second kappa shape index (κ2) is 41.1. The number of rotatable bonds is 43. The quantitative estimate of drug-likeness (QED) is 0.0216. The van der Waals surface area contributed by atoms with Crippen LogP contribution in [-0.2, 0) is 14.3 Å². The molecule has 1 amide bonds. The van der Waals surface area contributed by atoms with E-state index < -0.39 is 74.2 Å². The molecule has 9 atom stereocenters. The number of carbonyl (C=O) groups is 1. The molecule has 0 radical (unpaired) electrons. The van der Waals surface area contributed by atoms with Gasteiger partial charge in [0.05, 0.1) is 25.4 Å². The lowest BCUT2D eigenvalue weighted by Gasteiger charge is -2.40. The van der Waals surface area contributed by atoms with Crippen molar-refractivity contribution in [2.24, 2.45) is 0 Å². The van der Waals surface area contributed by atoms with Crippen molar-refractivity contribution in [1.29, 1.82) is 0 Å². The van der Waals surface area contributed by atoms with Gasteiger partial charge in [-0.15, -0.1) is 0 Å². The fourth-order valence-corrected chi connectivity index (χ4v) is 8.21.